The van der Waals surface area contributed by atoms with Crippen LogP contribution in [-0.4, -0.2) is 35.8 Å². The van der Waals surface area contributed by atoms with Crippen molar-refractivity contribution >= 4 is 11.9 Å². The van der Waals surface area contributed by atoms with Crippen LogP contribution in [0.1, 0.15) is 27.7 Å². The van der Waals surface area contributed by atoms with Crippen molar-refractivity contribution in [3.8, 4) is 5.95 Å². The van der Waals surface area contributed by atoms with Gasteiger partial charge >= 0.3 is 0 Å². The summed E-state index contributed by atoms with van der Waals surface area (Å²) in [5.74, 6) is 0.977. The molecule has 3 N–H and O–H groups in total. The van der Waals surface area contributed by atoms with Crippen LogP contribution in [0.4, 0.5) is 11.9 Å². The van der Waals surface area contributed by atoms with Crippen molar-refractivity contribution in [3.63, 3.8) is 0 Å². The Balaban J connectivity index is 1.89. The lowest BCUT2D eigenvalue weighted by Gasteiger charge is -2.08. The molecule has 2 aromatic heterocycles. The molecular formula is C12H18N8. The topological polar surface area (TPSA) is 107 Å². The third-order valence-corrected chi connectivity index (χ3v) is 4.56. The number of nitrogens with two attached hydrogens (primary N) is 1. The monoisotopic (exact) mass is 274 g/mol. The van der Waals surface area contributed by atoms with Gasteiger partial charge in [0, 0.05) is 6.04 Å². The van der Waals surface area contributed by atoms with Crippen molar-refractivity contribution in [1.29, 1.82) is 0 Å². The molecule has 1 saturated carbocycles. The molecule has 0 spiro atoms. The van der Waals surface area contributed by atoms with Crippen molar-refractivity contribution in [2.45, 2.75) is 33.7 Å². The van der Waals surface area contributed by atoms with E-state index in [2.05, 4.69) is 58.0 Å². The van der Waals surface area contributed by atoms with Crippen LogP contribution in [0.15, 0.2) is 12.7 Å². The second kappa shape index (κ2) is 3.87. The number of nitrogens with zero attached hydrogens (tertiary/aromatic N) is 6. The molecule has 0 radical (unpaired) electrons. The molecule has 0 aromatic carbocycles. The molecular weight excluding hydrogens is 256 g/mol. The maximum Gasteiger partial charge on any atom is 0.258 e. The largest absolute Gasteiger partial charge is 0.368 e. The number of hydrogen-bond donors (Lipinski definition) is 2. The van der Waals surface area contributed by atoms with Crippen molar-refractivity contribution in [2.75, 3.05) is 11.1 Å². The van der Waals surface area contributed by atoms with Gasteiger partial charge in [0.2, 0.25) is 11.9 Å². The minimum Gasteiger partial charge on any atom is -0.368 e. The average Bonchev–Trinajstić information content (AvgIpc) is 2.81. The first-order chi connectivity index (χ1) is 9.32. The number of anilines is 2. The highest BCUT2D eigenvalue weighted by atomic mass is 15.4. The fourth-order valence-corrected chi connectivity index (χ4v) is 2.55. The molecule has 0 unspecified atom stereocenters. The lowest BCUT2D eigenvalue weighted by molar-refractivity contribution is 0.457. The molecule has 1 aliphatic carbocycles. The van der Waals surface area contributed by atoms with Crippen LogP contribution in [0.25, 0.3) is 5.95 Å². The van der Waals surface area contributed by atoms with E-state index in [0.29, 0.717) is 17.9 Å². The zero-order chi connectivity index (χ0) is 14.5. The number of nitrogen functional groups attached to an aromatic ring is 1. The summed E-state index contributed by atoms with van der Waals surface area (Å²) in [5, 5.41) is 7.33. The van der Waals surface area contributed by atoms with E-state index in [-0.39, 0.29) is 16.8 Å². The molecule has 0 bridgehead atoms. The van der Waals surface area contributed by atoms with Gasteiger partial charge in [-0.3, -0.25) is 0 Å². The van der Waals surface area contributed by atoms with E-state index in [0.717, 1.165) is 0 Å². The van der Waals surface area contributed by atoms with E-state index in [4.69, 9.17) is 5.73 Å². The molecule has 2 aromatic rings. The van der Waals surface area contributed by atoms with Gasteiger partial charge in [0.1, 0.15) is 12.7 Å². The van der Waals surface area contributed by atoms with E-state index in [1.54, 1.807) is 0 Å². The molecule has 1 fully saturated rings. The second-order valence-electron chi connectivity index (χ2n) is 6.18. The van der Waals surface area contributed by atoms with Gasteiger partial charge in [0.15, 0.2) is 0 Å². The highest BCUT2D eigenvalue weighted by Gasteiger charge is 2.65. The van der Waals surface area contributed by atoms with Crippen molar-refractivity contribution in [2.24, 2.45) is 10.8 Å². The third-order valence-electron chi connectivity index (χ3n) is 4.56. The van der Waals surface area contributed by atoms with Gasteiger partial charge in [-0.1, -0.05) is 27.7 Å². The summed E-state index contributed by atoms with van der Waals surface area (Å²) in [6, 6.07) is 0.292. The van der Waals surface area contributed by atoms with Crippen LogP contribution in [0.3, 0.4) is 0 Å². The Hall–Kier alpha value is -2.25. The summed E-state index contributed by atoms with van der Waals surface area (Å²) in [5.41, 5.74) is 6.10. The van der Waals surface area contributed by atoms with Crippen LogP contribution < -0.4 is 11.1 Å². The maximum absolute atomic E-state index is 5.73. The molecule has 2 heterocycles. The quantitative estimate of drug-likeness (QED) is 0.855. The number of aromatic nitrogens is 6. The fraction of sp³-hybridized carbons (Fsp3) is 0.583. The zero-order valence-electron chi connectivity index (χ0n) is 12.0. The summed E-state index contributed by atoms with van der Waals surface area (Å²) >= 11 is 0. The second-order valence-corrected chi connectivity index (χ2v) is 6.18. The molecule has 1 aliphatic rings. The zero-order valence-corrected chi connectivity index (χ0v) is 12.0. The standard InChI is InChI=1S/C12H18N8/c1-11(2)7(12(11,3)4)16-9-17-8(13)18-10(19-9)20-6-14-5-15-20/h5-7H,1-4H3,(H3,13,16,17,18,19). The van der Waals surface area contributed by atoms with Crippen LogP contribution in [0.2, 0.25) is 0 Å². The van der Waals surface area contributed by atoms with Gasteiger partial charge in [-0.15, -0.1) is 0 Å². The third kappa shape index (κ3) is 1.79. The summed E-state index contributed by atoms with van der Waals surface area (Å²) in [7, 11) is 0. The lowest BCUT2D eigenvalue weighted by atomic mass is 10.0. The van der Waals surface area contributed by atoms with Crippen molar-refractivity contribution < 1.29 is 0 Å². The average molecular weight is 274 g/mol. The smallest absolute Gasteiger partial charge is 0.258 e. The van der Waals surface area contributed by atoms with Gasteiger partial charge < -0.3 is 11.1 Å². The lowest BCUT2D eigenvalue weighted by Crippen LogP contribution is -2.16. The van der Waals surface area contributed by atoms with Crippen LogP contribution >= 0.6 is 0 Å². The molecule has 8 heteroatoms. The fourth-order valence-electron chi connectivity index (χ4n) is 2.55. The molecule has 106 valence electrons. The van der Waals surface area contributed by atoms with Crippen molar-refractivity contribution in [1.82, 2.24) is 29.7 Å². The molecule has 0 aliphatic heterocycles. The van der Waals surface area contributed by atoms with E-state index in [9.17, 15) is 0 Å². The molecule has 0 amide bonds. The molecule has 0 saturated heterocycles. The first kappa shape index (κ1) is 12.8. The van der Waals surface area contributed by atoms with Gasteiger partial charge in [-0.05, 0) is 10.8 Å². The summed E-state index contributed by atoms with van der Waals surface area (Å²) in [6.45, 7) is 8.86. The Bertz CT molecular complexity index is 617. The Kier molecular flexibility index (Phi) is 2.47. The Morgan fingerprint density at radius 1 is 1.15 bits per heavy atom. The molecule has 8 nitrogen and oxygen atoms in total. The van der Waals surface area contributed by atoms with E-state index in [1.807, 2.05) is 0 Å². The van der Waals surface area contributed by atoms with E-state index in [1.165, 1.54) is 17.3 Å². The van der Waals surface area contributed by atoms with E-state index < -0.39 is 0 Å². The predicted molar refractivity (Wildman–Crippen MR) is 74.1 cm³/mol. The van der Waals surface area contributed by atoms with Crippen molar-refractivity contribution in [3.05, 3.63) is 12.7 Å². The van der Waals surface area contributed by atoms with Crippen LogP contribution in [0.5, 0.6) is 0 Å². The number of rotatable bonds is 3. The number of nitrogens with one attached hydrogen (secondary N) is 1. The highest BCUT2D eigenvalue weighted by molar-refractivity contribution is 5.40. The van der Waals surface area contributed by atoms with Gasteiger partial charge in [0.25, 0.3) is 5.95 Å². The normalized spacial score (nSPS) is 19.8. The van der Waals surface area contributed by atoms with Gasteiger partial charge in [0.05, 0.1) is 0 Å². The molecule has 3 rings (SSSR count). The van der Waals surface area contributed by atoms with Gasteiger partial charge in [-0.25, -0.2) is 4.98 Å². The maximum atomic E-state index is 5.73. The summed E-state index contributed by atoms with van der Waals surface area (Å²) < 4.78 is 1.45. The minimum atomic E-state index is 0.157. The molecule has 20 heavy (non-hydrogen) atoms. The minimum absolute atomic E-state index is 0.157. The summed E-state index contributed by atoms with van der Waals surface area (Å²) in [4.78, 5) is 16.4. The Labute approximate surface area is 116 Å². The Morgan fingerprint density at radius 2 is 1.85 bits per heavy atom. The van der Waals surface area contributed by atoms with E-state index >= 15 is 0 Å². The predicted octanol–water partition coefficient (Wildman–Crippen LogP) is 0.881. The van der Waals surface area contributed by atoms with Crippen LogP contribution in [0, 0.1) is 10.8 Å². The highest BCUT2D eigenvalue weighted by Crippen LogP contribution is 2.63. The first-order valence-electron chi connectivity index (χ1n) is 6.45. The first-order valence-corrected chi connectivity index (χ1v) is 6.45. The van der Waals surface area contributed by atoms with Crippen LogP contribution in [-0.2, 0) is 0 Å². The van der Waals surface area contributed by atoms with Gasteiger partial charge in [-0.2, -0.15) is 24.7 Å². The molecule has 0 atom stereocenters. The SMILES string of the molecule is CC1(C)C(Nc2nc(N)nc(-n3cncn3)n2)C1(C)C. The summed E-state index contributed by atoms with van der Waals surface area (Å²) in [6.07, 6.45) is 2.93. The Morgan fingerprint density at radius 3 is 2.40 bits per heavy atom. The number of hydrogen-bond acceptors (Lipinski definition) is 7.